The van der Waals surface area contributed by atoms with Crippen LogP contribution in [0.4, 0.5) is 11.4 Å². The van der Waals surface area contributed by atoms with Gasteiger partial charge in [0, 0.05) is 40.3 Å². The molecule has 186 valence electrons. The lowest BCUT2D eigenvalue weighted by molar-refractivity contribution is -0.385. The number of non-ortho nitro benzene ring substituents is 2. The third-order valence-electron chi connectivity index (χ3n) is 5.29. The van der Waals surface area contributed by atoms with Crippen LogP contribution in [0.15, 0.2) is 93.4 Å². The molecule has 0 aliphatic rings. The summed E-state index contributed by atoms with van der Waals surface area (Å²) in [6.07, 6.45) is 0. The number of benzene rings is 3. The van der Waals surface area contributed by atoms with Gasteiger partial charge in [0.15, 0.2) is 0 Å². The second kappa shape index (κ2) is 10.9. The maximum atomic E-state index is 13.9. The summed E-state index contributed by atoms with van der Waals surface area (Å²) >= 11 is 1.08. The first-order valence-electron chi connectivity index (χ1n) is 11.0. The molecule has 0 aliphatic carbocycles. The molecule has 0 spiro atoms. The zero-order valence-corrected chi connectivity index (χ0v) is 20.2. The number of nitrogens with zero attached hydrogens (tertiary/aromatic N) is 2. The lowest BCUT2D eigenvalue weighted by atomic mass is 10.0. The Labute approximate surface area is 214 Å². The van der Waals surface area contributed by atoms with Crippen LogP contribution in [0.1, 0.15) is 17.3 Å². The molecule has 0 saturated carbocycles. The van der Waals surface area contributed by atoms with E-state index in [-0.39, 0.29) is 45.4 Å². The highest BCUT2D eigenvalue weighted by Gasteiger charge is 2.26. The van der Waals surface area contributed by atoms with Gasteiger partial charge >= 0.3 is 5.97 Å². The van der Waals surface area contributed by atoms with Gasteiger partial charge in [0.2, 0.25) is 5.43 Å². The smallest absolute Gasteiger partial charge is 0.344 e. The van der Waals surface area contributed by atoms with Gasteiger partial charge in [-0.15, -0.1) is 0 Å². The molecule has 1 N–H and O–H groups in total. The van der Waals surface area contributed by atoms with Crippen molar-refractivity contribution in [1.82, 2.24) is 4.98 Å². The second-order valence-corrected chi connectivity index (χ2v) is 8.74. The minimum absolute atomic E-state index is 0.000440. The first-order valence-corrected chi connectivity index (χ1v) is 11.8. The van der Waals surface area contributed by atoms with E-state index in [4.69, 9.17) is 4.74 Å². The summed E-state index contributed by atoms with van der Waals surface area (Å²) in [6.45, 7) is 1.59. The molecule has 0 radical (unpaired) electrons. The lowest BCUT2D eigenvalue weighted by Crippen LogP contribution is -2.22. The molecular weight excluding hydrogens is 498 g/mol. The van der Waals surface area contributed by atoms with Crippen LogP contribution in [-0.2, 0) is 4.74 Å². The third kappa shape index (κ3) is 5.41. The molecule has 3 aromatic carbocycles. The summed E-state index contributed by atoms with van der Waals surface area (Å²) < 4.78 is 5.16. The van der Waals surface area contributed by atoms with Gasteiger partial charge in [-0.25, -0.2) is 4.79 Å². The van der Waals surface area contributed by atoms with Crippen molar-refractivity contribution in [3.63, 3.8) is 0 Å². The summed E-state index contributed by atoms with van der Waals surface area (Å²) in [5.74, 6) is -0.897. The summed E-state index contributed by atoms with van der Waals surface area (Å²) in [6, 6.07) is 20.1. The van der Waals surface area contributed by atoms with Crippen molar-refractivity contribution in [2.45, 2.75) is 16.7 Å². The van der Waals surface area contributed by atoms with Crippen LogP contribution in [0.3, 0.4) is 0 Å². The fourth-order valence-electron chi connectivity index (χ4n) is 3.66. The predicted octanol–water partition coefficient (Wildman–Crippen LogP) is 5.85. The lowest BCUT2D eigenvalue weighted by Gasteiger charge is -2.16. The number of hydrogen-bond donors (Lipinski definition) is 1. The largest absolute Gasteiger partial charge is 0.462 e. The van der Waals surface area contributed by atoms with E-state index in [9.17, 15) is 29.8 Å². The number of carbonyl (C=O) groups is 1. The first kappa shape index (κ1) is 25.3. The highest BCUT2D eigenvalue weighted by atomic mass is 32.2. The summed E-state index contributed by atoms with van der Waals surface area (Å²) in [5.41, 5.74) is -0.676. The van der Waals surface area contributed by atoms with Crippen molar-refractivity contribution in [3.8, 4) is 22.5 Å². The Balaban J connectivity index is 2.07. The second-order valence-electron chi connectivity index (χ2n) is 7.66. The van der Waals surface area contributed by atoms with Gasteiger partial charge in [-0.05, 0) is 19.1 Å². The standard InChI is InChI=1S/C26H19N3O7S/c1-2-36-26(31)21-22(16-8-6-10-18(14-16)28(32)33)27-23(17-9-7-11-19(15-17)29(34)35)25(24(21)30)37-20-12-4-3-5-13-20/h3-15H,2H2,1H3,(H,27,30). The molecule has 4 rings (SSSR count). The van der Waals surface area contributed by atoms with Crippen LogP contribution in [0.5, 0.6) is 0 Å². The van der Waals surface area contributed by atoms with Crippen molar-refractivity contribution in [1.29, 1.82) is 0 Å². The Morgan fingerprint density at radius 1 is 0.865 bits per heavy atom. The number of ether oxygens (including phenoxy) is 1. The number of nitro benzene ring substituents is 2. The van der Waals surface area contributed by atoms with E-state index < -0.39 is 21.2 Å². The number of nitrogens with one attached hydrogen (secondary N) is 1. The molecule has 11 heteroatoms. The fraction of sp³-hybridized carbons (Fsp3) is 0.0769. The topological polar surface area (TPSA) is 145 Å². The normalized spacial score (nSPS) is 10.6. The number of rotatable bonds is 8. The van der Waals surface area contributed by atoms with Crippen LogP contribution >= 0.6 is 11.8 Å². The Hall–Kier alpha value is -4.77. The maximum absolute atomic E-state index is 13.9. The van der Waals surface area contributed by atoms with Crippen molar-refractivity contribution in [2.75, 3.05) is 6.61 Å². The predicted molar refractivity (Wildman–Crippen MR) is 138 cm³/mol. The molecule has 0 bridgehead atoms. The molecule has 0 saturated heterocycles. The van der Waals surface area contributed by atoms with E-state index >= 15 is 0 Å². The molecule has 37 heavy (non-hydrogen) atoms. The molecule has 1 heterocycles. The molecule has 0 atom stereocenters. The Kier molecular flexibility index (Phi) is 7.44. The van der Waals surface area contributed by atoms with Crippen LogP contribution in [0.25, 0.3) is 22.5 Å². The average molecular weight is 518 g/mol. The van der Waals surface area contributed by atoms with E-state index in [0.717, 1.165) is 11.8 Å². The van der Waals surface area contributed by atoms with Gasteiger partial charge in [-0.2, -0.15) is 0 Å². The van der Waals surface area contributed by atoms with Crippen LogP contribution < -0.4 is 5.43 Å². The number of esters is 1. The van der Waals surface area contributed by atoms with Crippen molar-refractivity contribution >= 4 is 29.1 Å². The van der Waals surface area contributed by atoms with E-state index in [2.05, 4.69) is 4.98 Å². The van der Waals surface area contributed by atoms with Crippen molar-refractivity contribution in [2.24, 2.45) is 0 Å². The van der Waals surface area contributed by atoms with Crippen LogP contribution in [-0.4, -0.2) is 27.4 Å². The molecule has 0 fully saturated rings. The number of hydrogen-bond acceptors (Lipinski definition) is 8. The number of carbonyl (C=O) groups excluding carboxylic acids is 1. The van der Waals surface area contributed by atoms with Gasteiger partial charge in [0.1, 0.15) is 5.56 Å². The summed E-state index contributed by atoms with van der Waals surface area (Å²) in [7, 11) is 0. The fourth-order valence-corrected chi connectivity index (χ4v) is 4.65. The Bertz CT molecular complexity index is 1570. The highest BCUT2D eigenvalue weighted by molar-refractivity contribution is 7.99. The highest BCUT2D eigenvalue weighted by Crippen LogP contribution is 2.37. The zero-order chi connectivity index (χ0) is 26.5. The number of aromatic nitrogens is 1. The molecule has 0 aliphatic heterocycles. The molecule has 0 amide bonds. The monoisotopic (exact) mass is 517 g/mol. The SMILES string of the molecule is CCOC(=O)c1c(-c2cccc([N+](=O)[O-])c2)[nH]c(-c2cccc([N+](=O)[O-])c2)c(Sc2ccccc2)c1=O. The quantitative estimate of drug-likeness (QED) is 0.174. The van der Waals surface area contributed by atoms with Crippen molar-refractivity contribution in [3.05, 3.63) is 115 Å². The number of pyridine rings is 1. The van der Waals surface area contributed by atoms with E-state index in [1.807, 2.05) is 6.07 Å². The molecular formula is C26H19N3O7S. The van der Waals surface area contributed by atoms with Gasteiger partial charge < -0.3 is 9.72 Å². The minimum Gasteiger partial charge on any atom is -0.462 e. The summed E-state index contributed by atoms with van der Waals surface area (Å²) in [5, 5.41) is 22.8. The van der Waals surface area contributed by atoms with E-state index in [1.54, 1.807) is 37.3 Å². The zero-order valence-electron chi connectivity index (χ0n) is 19.4. The van der Waals surface area contributed by atoms with E-state index in [0.29, 0.717) is 10.5 Å². The molecule has 10 nitrogen and oxygen atoms in total. The molecule has 4 aromatic rings. The van der Waals surface area contributed by atoms with E-state index in [1.165, 1.54) is 42.5 Å². The van der Waals surface area contributed by atoms with Gasteiger partial charge in [0.05, 0.1) is 32.7 Å². The number of H-pyrrole nitrogens is 1. The van der Waals surface area contributed by atoms with Crippen molar-refractivity contribution < 1.29 is 19.4 Å². The number of nitro groups is 2. The summed E-state index contributed by atoms with van der Waals surface area (Å²) in [4.78, 5) is 52.5. The number of aromatic amines is 1. The molecule has 1 aromatic heterocycles. The minimum atomic E-state index is -0.897. The Morgan fingerprint density at radius 3 is 1.97 bits per heavy atom. The van der Waals surface area contributed by atoms with Crippen LogP contribution in [0, 0.1) is 20.2 Å². The van der Waals surface area contributed by atoms with Gasteiger partial charge in [-0.3, -0.25) is 25.0 Å². The Morgan fingerprint density at radius 2 is 1.43 bits per heavy atom. The third-order valence-corrected chi connectivity index (χ3v) is 6.40. The van der Waals surface area contributed by atoms with Crippen LogP contribution in [0.2, 0.25) is 0 Å². The maximum Gasteiger partial charge on any atom is 0.344 e. The first-order chi connectivity index (χ1) is 17.8. The van der Waals surface area contributed by atoms with Gasteiger partial charge in [0.25, 0.3) is 11.4 Å². The molecule has 0 unspecified atom stereocenters. The van der Waals surface area contributed by atoms with Gasteiger partial charge in [-0.1, -0.05) is 54.2 Å². The average Bonchev–Trinajstić information content (AvgIpc) is 2.90.